The molecule has 8 atom stereocenters. The molecule has 0 spiro atoms. The third-order valence-corrected chi connectivity index (χ3v) is 20.8. The van der Waals surface area contributed by atoms with Crippen molar-refractivity contribution < 1.29 is 80.2 Å². The van der Waals surface area contributed by atoms with E-state index < -0.39 is 97.5 Å². The number of rotatable bonds is 74. The molecule has 17 nitrogen and oxygen atoms in total. The SMILES string of the molecule is CCC(C)CCCCCCCCCCCCCCCCCCCCC(=O)OC[C@H](COP(=O)(O)OC[C@@H](O)COP(=O)(O)OC[C@@H](COC(=O)CCCCCCCCC(C)CC)OC(=O)CCCCCCCCCCCCCC(C)C)OC(=O)CCCCCCCCC(C)CC. The second-order valence-electron chi connectivity index (χ2n) is 28.9. The second kappa shape index (κ2) is 66.3. The monoisotopic (exact) mass is 1410 g/mol. The van der Waals surface area contributed by atoms with Gasteiger partial charge in [0.15, 0.2) is 12.2 Å². The fourth-order valence-electron chi connectivity index (χ4n) is 11.6. The highest BCUT2D eigenvalue weighted by atomic mass is 31.2. The van der Waals surface area contributed by atoms with Gasteiger partial charge in [-0.15, -0.1) is 0 Å². The van der Waals surface area contributed by atoms with Crippen molar-refractivity contribution in [3.63, 3.8) is 0 Å². The molecular weight excluding hydrogens is 1260 g/mol. The van der Waals surface area contributed by atoms with Crippen LogP contribution >= 0.6 is 15.6 Å². The van der Waals surface area contributed by atoms with Gasteiger partial charge in [0, 0.05) is 25.7 Å². The molecule has 0 aliphatic rings. The smallest absolute Gasteiger partial charge is 0.462 e. The number of phosphoric acid groups is 2. The van der Waals surface area contributed by atoms with Gasteiger partial charge in [-0.2, -0.15) is 0 Å². The van der Waals surface area contributed by atoms with Crippen molar-refractivity contribution in [3.8, 4) is 0 Å². The van der Waals surface area contributed by atoms with Gasteiger partial charge in [-0.1, -0.05) is 338 Å². The molecule has 0 aliphatic heterocycles. The van der Waals surface area contributed by atoms with Crippen LogP contribution in [0.15, 0.2) is 0 Å². The second-order valence-corrected chi connectivity index (χ2v) is 31.9. The first-order valence-electron chi connectivity index (χ1n) is 39.8. The predicted molar refractivity (Wildman–Crippen MR) is 391 cm³/mol. The zero-order valence-electron chi connectivity index (χ0n) is 63.0. The lowest BCUT2D eigenvalue weighted by atomic mass is 9.99. The maximum atomic E-state index is 13.1. The molecule has 0 rings (SSSR count). The summed E-state index contributed by atoms with van der Waals surface area (Å²) < 4.78 is 68.5. The first kappa shape index (κ1) is 94.1. The Morgan fingerprint density at radius 2 is 0.500 bits per heavy atom. The van der Waals surface area contributed by atoms with Gasteiger partial charge >= 0.3 is 39.5 Å². The molecule has 0 saturated heterocycles. The van der Waals surface area contributed by atoms with Crippen LogP contribution in [-0.4, -0.2) is 96.7 Å². The molecule has 0 amide bonds. The van der Waals surface area contributed by atoms with Crippen molar-refractivity contribution >= 4 is 39.5 Å². The summed E-state index contributed by atoms with van der Waals surface area (Å²) in [6.45, 7) is 14.2. The van der Waals surface area contributed by atoms with Gasteiger partial charge in [-0.05, 0) is 49.4 Å². The van der Waals surface area contributed by atoms with Crippen LogP contribution in [0.5, 0.6) is 0 Å². The van der Waals surface area contributed by atoms with Crippen LogP contribution in [0.1, 0.15) is 389 Å². The summed E-state index contributed by atoms with van der Waals surface area (Å²) in [5.41, 5.74) is 0. The third kappa shape index (κ3) is 66.6. The Labute approximate surface area is 588 Å². The van der Waals surface area contributed by atoms with Gasteiger partial charge < -0.3 is 33.8 Å². The van der Waals surface area contributed by atoms with Crippen molar-refractivity contribution in [2.75, 3.05) is 39.6 Å². The highest BCUT2D eigenvalue weighted by Gasteiger charge is 2.30. The normalized spacial score (nSPS) is 15.0. The summed E-state index contributed by atoms with van der Waals surface area (Å²) in [5.74, 6) is 0.965. The van der Waals surface area contributed by atoms with Crippen LogP contribution in [0.25, 0.3) is 0 Å². The van der Waals surface area contributed by atoms with Gasteiger partial charge in [-0.25, -0.2) is 9.13 Å². The van der Waals surface area contributed by atoms with E-state index in [-0.39, 0.29) is 25.7 Å². The molecule has 0 fully saturated rings. The molecule has 0 aromatic carbocycles. The summed E-state index contributed by atoms with van der Waals surface area (Å²) in [6, 6.07) is 0. The van der Waals surface area contributed by atoms with Crippen LogP contribution in [-0.2, 0) is 65.4 Å². The topological polar surface area (TPSA) is 237 Å². The number of hydrogen-bond donors (Lipinski definition) is 3. The summed E-state index contributed by atoms with van der Waals surface area (Å²) in [4.78, 5) is 72.8. The van der Waals surface area contributed by atoms with Gasteiger partial charge in [0.05, 0.1) is 26.4 Å². The fraction of sp³-hybridized carbons (Fsp3) is 0.948. The minimum atomic E-state index is -4.96. The third-order valence-electron chi connectivity index (χ3n) is 18.9. The first-order chi connectivity index (χ1) is 46.2. The minimum absolute atomic E-state index is 0.103. The molecule has 96 heavy (non-hydrogen) atoms. The molecule has 5 unspecified atom stereocenters. The molecule has 0 aliphatic carbocycles. The van der Waals surface area contributed by atoms with E-state index in [9.17, 15) is 43.2 Å². The molecule has 0 heterocycles. The number of aliphatic hydroxyl groups excluding tert-OH is 1. The van der Waals surface area contributed by atoms with Gasteiger partial charge in [0.2, 0.25) is 0 Å². The summed E-state index contributed by atoms with van der Waals surface area (Å²) in [6.07, 6.45) is 51.5. The number of aliphatic hydroxyl groups is 1. The molecule has 0 radical (unpaired) electrons. The lowest BCUT2D eigenvalue weighted by Crippen LogP contribution is -2.30. The number of esters is 4. The Balaban J connectivity index is 5.14. The Morgan fingerprint density at radius 3 is 0.740 bits per heavy atom. The van der Waals surface area contributed by atoms with Gasteiger partial charge in [0.25, 0.3) is 0 Å². The maximum Gasteiger partial charge on any atom is 0.472 e. The number of unbranched alkanes of at least 4 members (excludes halogenated alkanes) is 37. The number of carbonyl (C=O) groups excluding carboxylic acids is 4. The van der Waals surface area contributed by atoms with Crippen LogP contribution in [0.4, 0.5) is 0 Å². The van der Waals surface area contributed by atoms with E-state index in [1.54, 1.807) is 0 Å². The van der Waals surface area contributed by atoms with Crippen molar-refractivity contribution in [2.24, 2.45) is 23.7 Å². The van der Waals surface area contributed by atoms with Crippen molar-refractivity contribution in [3.05, 3.63) is 0 Å². The average Bonchev–Trinajstić information content (AvgIpc) is 2.39. The summed E-state index contributed by atoms with van der Waals surface area (Å²) in [5, 5.41) is 10.6. The molecule has 0 aromatic rings. The zero-order valence-corrected chi connectivity index (χ0v) is 64.8. The molecule has 19 heteroatoms. The molecule has 570 valence electrons. The number of carbonyl (C=O) groups is 4. The summed E-state index contributed by atoms with van der Waals surface area (Å²) >= 11 is 0. The van der Waals surface area contributed by atoms with Crippen LogP contribution in [0.2, 0.25) is 0 Å². The van der Waals surface area contributed by atoms with E-state index in [4.69, 9.17) is 37.0 Å². The number of ether oxygens (including phenoxy) is 4. The lowest BCUT2D eigenvalue weighted by Gasteiger charge is -2.21. The van der Waals surface area contributed by atoms with E-state index in [0.29, 0.717) is 25.7 Å². The Kier molecular flexibility index (Phi) is 65.0. The van der Waals surface area contributed by atoms with Gasteiger partial charge in [0.1, 0.15) is 19.3 Å². The van der Waals surface area contributed by atoms with E-state index in [0.717, 1.165) is 120 Å². The molecule has 0 saturated carbocycles. The quantitative estimate of drug-likeness (QED) is 0.0222. The molecule has 0 aromatic heterocycles. The van der Waals surface area contributed by atoms with Gasteiger partial charge in [-0.3, -0.25) is 37.3 Å². The summed E-state index contributed by atoms with van der Waals surface area (Å²) in [7, 11) is -9.91. The van der Waals surface area contributed by atoms with Crippen molar-refractivity contribution in [2.45, 2.75) is 408 Å². The fourth-order valence-corrected chi connectivity index (χ4v) is 13.2. The average molecular weight is 1410 g/mol. The predicted octanol–water partition coefficient (Wildman–Crippen LogP) is 22.4. The minimum Gasteiger partial charge on any atom is -0.462 e. The largest absolute Gasteiger partial charge is 0.472 e. The highest BCUT2D eigenvalue weighted by molar-refractivity contribution is 7.47. The Morgan fingerprint density at radius 1 is 0.292 bits per heavy atom. The molecule has 0 bridgehead atoms. The highest BCUT2D eigenvalue weighted by Crippen LogP contribution is 2.45. The van der Waals surface area contributed by atoms with E-state index in [2.05, 4.69) is 55.4 Å². The van der Waals surface area contributed by atoms with E-state index in [1.165, 1.54) is 186 Å². The van der Waals surface area contributed by atoms with E-state index in [1.807, 2.05) is 0 Å². The first-order valence-corrected chi connectivity index (χ1v) is 42.8. The Hall–Kier alpha value is -1.94. The molecular formula is C77H150O17P2. The van der Waals surface area contributed by atoms with Crippen LogP contribution < -0.4 is 0 Å². The number of phosphoric ester groups is 2. The van der Waals surface area contributed by atoms with Crippen LogP contribution in [0, 0.1) is 23.7 Å². The Bertz CT molecular complexity index is 1890. The zero-order chi connectivity index (χ0) is 71.0. The lowest BCUT2D eigenvalue weighted by molar-refractivity contribution is -0.161. The van der Waals surface area contributed by atoms with Crippen molar-refractivity contribution in [1.29, 1.82) is 0 Å². The van der Waals surface area contributed by atoms with Crippen LogP contribution in [0.3, 0.4) is 0 Å². The van der Waals surface area contributed by atoms with Crippen molar-refractivity contribution in [1.82, 2.24) is 0 Å². The number of hydrogen-bond acceptors (Lipinski definition) is 15. The standard InChI is InChI=1S/C77H150O17P2/c1-9-68(6)54-46-38-30-26-22-18-16-14-12-13-15-17-19-23-27-31-41-49-57-74(79)87-63-73(94-77(82)60-52-44-36-34-40-48-56-70(8)11-3)66-92-96(85,86)90-62-71(78)61-89-95(83,84)91-65-72(64-88-75(80)58-50-42-35-33-39-47-55-69(7)10-2)93-76(81)59-51-43-32-28-24-20-21-25-29-37-45-53-67(4)5/h67-73,78H,9-66H2,1-8H3,(H,83,84)(H,85,86)/t68?,69?,70?,71-,72+,73+/m0/s1. The maximum absolute atomic E-state index is 13.1. The molecule has 3 N–H and O–H groups in total. The van der Waals surface area contributed by atoms with E-state index >= 15 is 0 Å².